The molecule has 0 atom stereocenters. The Morgan fingerprint density at radius 3 is 2.09 bits per heavy atom. The van der Waals surface area contributed by atoms with Crippen molar-refractivity contribution in [3.8, 4) is 0 Å². The molecule has 1 fully saturated rings. The Bertz CT molecular complexity index is 854. The van der Waals surface area contributed by atoms with E-state index >= 15 is 0 Å². The minimum atomic E-state index is -3.89. The van der Waals surface area contributed by atoms with Gasteiger partial charge in [-0.3, -0.25) is 0 Å². The second-order valence-corrected chi connectivity index (χ2v) is 9.41. The van der Waals surface area contributed by atoms with Crippen LogP contribution in [0.15, 0.2) is 57.4 Å². The van der Waals surface area contributed by atoms with Crippen molar-refractivity contribution in [1.29, 1.82) is 0 Å². The first-order chi connectivity index (χ1) is 10.4. The SMILES string of the molecule is O=S1(=O)CC(c2ccccc2)CS(=O)(=O)C1=Cc1ccco1. The van der Waals surface area contributed by atoms with E-state index in [2.05, 4.69) is 0 Å². The molecule has 22 heavy (non-hydrogen) atoms. The minimum absolute atomic E-state index is 0.209. The van der Waals surface area contributed by atoms with Crippen LogP contribution in [0, 0.1) is 0 Å². The van der Waals surface area contributed by atoms with E-state index in [4.69, 9.17) is 4.42 Å². The van der Waals surface area contributed by atoms with Crippen LogP contribution in [0.3, 0.4) is 0 Å². The smallest absolute Gasteiger partial charge is 0.190 e. The second-order valence-electron chi connectivity index (χ2n) is 5.15. The summed E-state index contributed by atoms with van der Waals surface area (Å²) in [6.07, 6.45) is 2.45. The van der Waals surface area contributed by atoms with Gasteiger partial charge in [0.2, 0.25) is 0 Å². The summed E-state index contributed by atoms with van der Waals surface area (Å²) in [5.74, 6) is -0.781. The lowest BCUT2D eigenvalue weighted by molar-refractivity contribution is 0.555. The predicted octanol–water partition coefficient (Wildman–Crippen LogP) is 2.21. The Morgan fingerprint density at radius 1 is 0.909 bits per heavy atom. The monoisotopic (exact) mass is 338 g/mol. The van der Waals surface area contributed by atoms with Crippen molar-refractivity contribution in [2.45, 2.75) is 5.92 Å². The van der Waals surface area contributed by atoms with Crippen LogP contribution in [0.4, 0.5) is 0 Å². The zero-order valence-electron chi connectivity index (χ0n) is 11.5. The Hall–Kier alpha value is -1.86. The summed E-state index contributed by atoms with van der Waals surface area (Å²) in [7, 11) is -7.78. The number of hydrogen-bond donors (Lipinski definition) is 0. The molecule has 0 saturated carbocycles. The molecule has 1 aromatic heterocycles. The molecule has 1 saturated heterocycles. The highest BCUT2D eigenvalue weighted by atomic mass is 32.3. The van der Waals surface area contributed by atoms with Crippen LogP contribution in [-0.4, -0.2) is 28.3 Å². The summed E-state index contributed by atoms with van der Waals surface area (Å²) >= 11 is 0. The van der Waals surface area contributed by atoms with E-state index in [-0.39, 0.29) is 17.3 Å². The summed E-state index contributed by atoms with van der Waals surface area (Å²) in [6, 6.07) is 11.9. The molecule has 2 aromatic rings. The van der Waals surface area contributed by atoms with Gasteiger partial charge in [0.15, 0.2) is 23.9 Å². The van der Waals surface area contributed by atoms with E-state index in [0.29, 0.717) is 5.56 Å². The van der Waals surface area contributed by atoms with Crippen molar-refractivity contribution in [2.75, 3.05) is 11.5 Å². The third-order valence-corrected chi connectivity index (χ3v) is 8.20. The fourth-order valence-electron chi connectivity index (χ4n) is 2.52. The molecule has 1 aromatic carbocycles. The Labute approximate surface area is 129 Å². The molecule has 3 rings (SSSR count). The minimum Gasteiger partial charge on any atom is -0.465 e. The number of rotatable bonds is 2. The largest absolute Gasteiger partial charge is 0.465 e. The van der Waals surface area contributed by atoms with E-state index in [9.17, 15) is 16.8 Å². The van der Waals surface area contributed by atoms with Gasteiger partial charge in [-0.25, -0.2) is 16.8 Å². The summed E-state index contributed by atoms with van der Waals surface area (Å²) in [5, 5.41) is 0. The Balaban J connectivity index is 2.04. The van der Waals surface area contributed by atoms with Crippen LogP contribution in [0.1, 0.15) is 17.2 Å². The van der Waals surface area contributed by atoms with Gasteiger partial charge in [-0.05, 0) is 17.7 Å². The first-order valence-corrected chi connectivity index (χ1v) is 9.95. The zero-order chi connectivity index (χ0) is 15.8. The molecule has 0 spiro atoms. The van der Waals surface area contributed by atoms with Gasteiger partial charge in [0.05, 0.1) is 17.8 Å². The molecule has 5 nitrogen and oxygen atoms in total. The second kappa shape index (κ2) is 5.40. The van der Waals surface area contributed by atoms with Gasteiger partial charge >= 0.3 is 0 Å². The third kappa shape index (κ3) is 2.86. The van der Waals surface area contributed by atoms with Crippen LogP contribution in [-0.2, 0) is 19.7 Å². The normalized spacial score (nSPS) is 23.1. The van der Waals surface area contributed by atoms with Crippen molar-refractivity contribution < 1.29 is 21.3 Å². The predicted molar refractivity (Wildman–Crippen MR) is 83.4 cm³/mol. The highest BCUT2D eigenvalue weighted by Crippen LogP contribution is 2.34. The molecule has 1 aliphatic rings. The number of hydrogen-bond acceptors (Lipinski definition) is 5. The van der Waals surface area contributed by atoms with E-state index in [1.165, 1.54) is 12.3 Å². The molecule has 1 aliphatic heterocycles. The lowest BCUT2D eigenvalue weighted by Gasteiger charge is -2.24. The first kappa shape index (κ1) is 15.1. The van der Waals surface area contributed by atoms with E-state index in [0.717, 1.165) is 6.08 Å². The molecular weight excluding hydrogens is 324 g/mol. The van der Waals surface area contributed by atoms with Crippen molar-refractivity contribution >= 4 is 25.8 Å². The van der Waals surface area contributed by atoms with Crippen molar-refractivity contribution in [1.82, 2.24) is 0 Å². The van der Waals surface area contributed by atoms with E-state index in [1.54, 1.807) is 36.4 Å². The molecular formula is C15H14O5S2. The summed E-state index contributed by atoms with van der Waals surface area (Å²) in [5.41, 5.74) is 0.715. The molecule has 0 radical (unpaired) electrons. The maximum absolute atomic E-state index is 12.4. The van der Waals surface area contributed by atoms with Crippen LogP contribution in [0.5, 0.6) is 0 Å². The number of benzene rings is 1. The average Bonchev–Trinajstić information content (AvgIpc) is 2.96. The molecule has 0 amide bonds. The number of furan rings is 1. The quantitative estimate of drug-likeness (QED) is 0.838. The van der Waals surface area contributed by atoms with Crippen molar-refractivity contribution in [3.63, 3.8) is 0 Å². The summed E-state index contributed by atoms with van der Waals surface area (Å²) in [4.78, 5) is 0. The highest BCUT2D eigenvalue weighted by molar-refractivity contribution is 8.15. The highest BCUT2D eigenvalue weighted by Gasteiger charge is 2.41. The molecule has 0 aliphatic carbocycles. The fraction of sp³-hybridized carbons (Fsp3) is 0.200. The van der Waals surface area contributed by atoms with Gasteiger partial charge in [-0.1, -0.05) is 30.3 Å². The molecule has 0 unspecified atom stereocenters. The maximum atomic E-state index is 12.4. The van der Waals surface area contributed by atoms with E-state index < -0.39 is 29.8 Å². The Morgan fingerprint density at radius 2 is 1.55 bits per heavy atom. The number of sulfone groups is 2. The van der Waals surface area contributed by atoms with Crippen molar-refractivity contribution in [2.24, 2.45) is 0 Å². The first-order valence-electron chi connectivity index (χ1n) is 6.64. The van der Waals surface area contributed by atoms with Crippen LogP contribution < -0.4 is 0 Å². The summed E-state index contributed by atoms with van der Waals surface area (Å²) in [6.45, 7) is 0. The molecule has 116 valence electrons. The summed E-state index contributed by atoms with van der Waals surface area (Å²) < 4.78 is 54.1. The van der Waals surface area contributed by atoms with Gasteiger partial charge in [-0.15, -0.1) is 0 Å². The molecule has 7 heteroatoms. The van der Waals surface area contributed by atoms with Crippen LogP contribution >= 0.6 is 0 Å². The average molecular weight is 338 g/mol. The van der Waals surface area contributed by atoms with Crippen LogP contribution in [0.2, 0.25) is 0 Å². The lowest BCUT2D eigenvalue weighted by Crippen LogP contribution is -2.33. The van der Waals surface area contributed by atoms with Gasteiger partial charge in [0.25, 0.3) is 0 Å². The Kier molecular flexibility index (Phi) is 3.70. The van der Waals surface area contributed by atoms with E-state index in [1.807, 2.05) is 0 Å². The molecule has 2 heterocycles. The molecule has 0 N–H and O–H groups in total. The maximum Gasteiger partial charge on any atom is 0.190 e. The zero-order valence-corrected chi connectivity index (χ0v) is 13.2. The van der Waals surface area contributed by atoms with Crippen molar-refractivity contribution in [3.05, 3.63) is 64.3 Å². The third-order valence-electron chi connectivity index (χ3n) is 3.53. The van der Waals surface area contributed by atoms with Gasteiger partial charge in [0, 0.05) is 12.0 Å². The topological polar surface area (TPSA) is 81.4 Å². The standard InChI is InChI=1S/C15H14O5S2/c16-21(17)10-13(12-5-2-1-3-6-12)11-22(18,19)15(21)9-14-7-4-8-20-14/h1-9,13H,10-11H2. The van der Waals surface area contributed by atoms with Gasteiger partial charge < -0.3 is 4.42 Å². The lowest BCUT2D eigenvalue weighted by atomic mass is 10.0. The van der Waals surface area contributed by atoms with Crippen LogP contribution in [0.25, 0.3) is 6.08 Å². The fourth-order valence-corrected chi connectivity index (χ4v) is 7.23. The van der Waals surface area contributed by atoms with Gasteiger partial charge in [0.1, 0.15) is 5.76 Å². The van der Waals surface area contributed by atoms with Gasteiger partial charge in [-0.2, -0.15) is 0 Å². The molecule has 0 bridgehead atoms.